The Morgan fingerprint density at radius 3 is 2.77 bits per heavy atom. The van der Waals surface area contributed by atoms with Crippen molar-refractivity contribution in [3.05, 3.63) is 5.01 Å². The summed E-state index contributed by atoms with van der Waals surface area (Å²) in [4.78, 5) is 14.2. The Morgan fingerprint density at radius 1 is 1.27 bits per heavy atom. The molecule has 0 saturated heterocycles. The second-order valence-electron chi connectivity index (χ2n) is 6.24. The van der Waals surface area contributed by atoms with Gasteiger partial charge in [0.05, 0.1) is 0 Å². The molecule has 0 bridgehead atoms. The summed E-state index contributed by atoms with van der Waals surface area (Å²) >= 11 is 1.55. The smallest absolute Gasteiger partial charge is 0.227 e. The van der Waals surface area contributed by atoms with Crippen molar-refractivity contribution < 1.29 is 4.79 Å². The van der Waals surface area contributed by atoms with Gasteiger partial charge in [0, 0.05) is 18.9 Å². The first-order chi connectivity index (χ1) is 10.7. The van der Waals surface area contributed by atoms with Gasteiger partial charge in [-0.25, -0.2) is 0 Å². The first kappa shape index (κ1) is 17.3. The SMILES string of the molecule is CCCCN(C)CCC(=O)Nc1nnc(C2CCCCC2)s1. The summed E-state index contributed by atoms with van der Waals surface area (Å²) in [6.45, 7) is 4.02. The van der Waals surface area contributed by atoms with Crippen molar-refractivity contribution in [1.82, 2.24) is 15.1 Å². The highest BCUT2D eigenvalue weighted by Crippen LogP contribution is 2.35. The summed E-state index contributed by atoms with van der Waals surface area (Å²) in [6.07, 6.45) is 9.22. The average Bonchev–Trinajstić information content (AvgIpc) is 3.00. The molecule has 1 aromatic rings. The minimum atomic E-state index is 0.0368. The molecule has 1 saturated carbocycles. The molecule has 0 unspecified atom stereocenters. The van der Waals surface area contributed by atoms with E-state index in [9.17, 15) is 4.79 Å². The van der Waals surface area contributed by atoms with Crippen LogP contribution in [0, 0.1) is 0 Å². The van der Waals surface area contributed by atoms with Crippen molar-refractivity contribution >= 4 is 22.4 Å². The van der Waals surface area contributed by atoms with Gasteiger partial charge in [-0.05, 0) is 32.9 Å². The molecule has 1 heterocycles. The van der Waals surface area contributed by atoms with E-state index in [1.165, 1.54) is 44.9 Å². The molecule has 5 nitrogen and oxygen atoms in total. The molecular formula is C16H28N4OS. The fraction of sp³-hybridized carbons (Fsp3) is 0.812. The van der Waals surface area contributed by atoms with Gasteiger partial charge in [0.1, 0.15) is 5.01 Å². The molecule has 1 amide bonds. The topological polar surface area (TPSA) is 58.1 Å². The number of amides is 1. The van der Waals surface area contributed by atoms with Gasteiger partial charge in [0.2, 0.25) is 11.0 Å². The number of aromatic nitrogens is 2. The summed E-state index contributed by atoms with van der Waals surface area (Å²) in [5.41, 5.74) is 0. The number of hydrogen-bond acceptors (Lipinski definition) is 5. The third-order valence-electron chi connectivity index (χ3n) is 4.26. The standard InChI is InChI=1S/C16H28N4OS/c1-3-4-11-20(2)12-10-14(21)17-16-19-18-15(22-16)13-8-6-5-7-9-13/h13H,3-12H2,1-2H3,(H,17,19,21). The summed E-state index contributed by atoms with van der Waals surface area (Å²) in [5, 5.41) is 13.0. The van der Waals surface area contributed by atoms with Gasteiger partial charge in [0.15, 0.2) is 0 Å². The van der Waals surface area contributed by atoms with E-state index in [1.807, 2.05) is 0 Å². The van der Waals surface area contributed by atoms with E-state index in [0.717, 1.165) is 18.1 Å². The Bertz CT molecular complexity index is 457. The van der Waals surface area contributed by atoms with Gasteiger partial charge >= 0.3 is 0 Å². The molecule has 0 atom stereocenters. The van der Waals surface area contributed by atoms with Gasteiger partial charge in [-0.15, -0.1) is 10.2 Å². The van der Waals surface area contributed by atoms with Crippen LogP contribution in [0.1, 0.15) is 69.2 Å². The highest BCUT2D eigenvalue weighted by molar-refractivity contribution is 7.15. The van der Waals surface area contributed by atoms with Crippen LogP contribution in [0.15, 0.2) is 0 Å². The first-order valence-corrected chi connectivity index (χ1v) is 9.32. The van der Waals surface area contributed by atoms with Crippen LogP contribution in [0.5, 0.6) is 0 Å². The lowest BCUT2D eigenvalue weighted by Crippen LogP contribution is -2.25. The van der Waals surface area contributed by atoms with Crippen LogP contribution in [0.25, 0.3) is 0 Å². The molecule has 0 spiro atoms. The molecule has 2 rings (SSSR count). The number of nitrogens with zero attached hydrogens (tertiary/aromatic N) is 3. The number of nitrogens with one attached hydrogen (secondary N) is 1. The fourth-order valence-electron chi connectivity index (χ4n) is 2.81. The highest BCUT2D eigenvalue weighted by atomic mass is 32.1. The van der Waals surface area contributed by atoms with Crippen molar-refractivity contribution in [1.29, 1.82) is 0 Å². The van der Waals surface area contributed by atoms with Crippen LogP contribution in [0.2, 0.25) is 0 Å². The van der Waals surface area contributed by atoms with E-state index >= 15 is 0 Å². The molecule has 1 aromatic heterocycles. The van der Waals surface area contributed by atoms with Gasteiger partial charge < -0.3 is 10.2 Å². The Labute approximate surface area is 137 Å². The normalized spacial score (nSPS) is 16.1. The van der Waals surface area contributed by atoms with E-state index in [4.69, 9.17) is 0 Å². The van der Waals surface area contributed by atoms with Crippen molar-refractivity contribution in [2.45, 2.75) is 64.2 Å². The minimum absolute atomic E-state index is 0.0368. The number of unbranched alkanes of at least 4 members (excludes halogenated alkanes) is 1. The number of rotatable bonds is 8. The lowest BCUT2D eigenvalue weighted by atomic mass is 9.90. The average molecular weight is 324 g/mol. The molecule has 0 aliphatic heterocycles. The van der Waals surface area contributed by atoms with Gasteiger partial charge in [0.25, 0.3) is 0 Å². The van der Waals surface area contributed by atoms with E-state index in [-0.39, 0.29) is 5.91 Å². The number of carbonyl (C=O) groups is 1. The summed E-state index contributed by atoms with van der Waals surface area (Å²) in [5.74, 6) is 0.590. The van der Waals surface area contributed by atoms with Crippen molar-refractivity contribution in [2.75, 3.05) is 25.5 Å². The molecule has 1 aliphatic carbocycles. The molecule has 22 heavy (non-hydrogen) atoms. The van der Waals surface area contributed by atoms with Crippen molar-refractivity contribution in [3.63, 3.8) is 0 Å². The number of anilines is 1. The summed E-state index contributed by atoms with van der Waals surface area (Å²) < 4.78 is 0. The maximum atomic E-state index is 12.0. The number of carbonyl (C=O) groups excluding carboxylic acids is 1. The predicted octanol–water partition coefficient (Wildman–Crippen LogP) is 3.65. The van der Waals surface area contributed by atoms with Crippen LogP contribution < -0.4 is 5.32 Å². The van der Waals surface area contributed by atoms with Crippen LogP contribution in [0.3, 0.4) is 0 Å². The Hall–Kier alpha value is -1.01. The molecule has 1 N–H and O–H groups in total. The monoisotopic (exact) mass is 324 g/mol. The first-order valence-electron chi connectivity index (χ1n) is 8.51. The molecule has 0 radical (unpaired) electrons. The van der Waals surface area contributed by atoms with E-state index < -0.39 is 0 Å². The quantitative estimate of drug-likeness (QED) is 0.793. The van der Waals surface area contributed by atoms with E-state index in [1.54, 1.807) is 11.3 Å². The minimum Gasteiger partial charge on any atom is -0.306 e. The second kappa shape index (κ2) is 9.20. The lowest BCUT2D eigenvalue weighted by molar-refractivity contribution is -0.116. The predicted molar refractivity (Wildman–Crippen MR) is 91.4 cm³/mol. The van der Waals surface area contributed by atoms with Gasteiger partial charge in [-0.3, -0.25) is 4.79 Å². The number of hydrogen-bond donors (Lipinski definition) is 1. The molecule has 6 heteroatoms. The molecule has 1 aliphatic rings. The highest BCUT2D eigenvalue weighted by Gasteiger charge is 2.20. The summed E-state index contributed by atoms with van der Waals surface area (Å²) in [7, 11) is 2.06. The third kappa shape index (κ3) is 5.65. The van der Waals surface area contributed by atoms with Gasteiger partial charge in [-0.2, -0.15) is 0 Å². The van der Waals surface area contributed by atoms with Crippen molar-refractivity contribution in [2.24, 2.45) is 0 Å². The largest absolute Gasteiger partial charge is 0.306 e. The van der Waals surface area contributed by atoms with Crippen LogP contribution in [-0.4, -0.2) is 41.1 Å². The van der Waals surface area contributed by atoms with E-state index in [2.05, 4.69) is 34.4 Å². The maximum Gasteiger partial charge on any atom is 0.227 e. The van der Waals surface area contributed by atoms with Gasteiger partial charge in [-0.1, -0.05) is 43.9 Å². The Balaban J connectivity index is 1.73. The zero-order valence-electron chi connectivity index (χ0n) is 13.8. The van der Waals surface area contributed by atoms with Crippen molar-refractivity contribution in [3.8, 4) is 0 Å². The maximum absolute atomic E-state index is 12.0. The molecule has 124 valence electrons. The second-order valence-corrected chi connectivity index (χ2v) is 7.24. The van der Waals surface area contributed by atoms with Crippen LogP contribution >= 0.6 is 11.3 Å². The molecule has 1 fully saturated rings. The summed E-state index contributed by atoms with van der Waals surface area (Å²) in [6, 6.07) is 0. The van der Waals surface area contributed by atoms with E-state index in [0.29, 0.717) is 17.5 Å². The molecular weight excluding hydrogens is 296 g/mol. The lowest BCUT2D eigenvalue weighted by Gasteiger charge is -2.18. The fourth-order valence-corrected chi connectivity index (χ4v) is 3.74. The Morgan fingerprint density at radius 2 is 2.05 bits per heavy atom. The van der Waals surface area contributed by atoms with Crippen LogP contribution in [0.4, 0.5) is 5.13 Å². The zero-order valence-corrected chi connectivity index (χ0v) is 14.6. The zero-order chi connectivity index (χ0) is 15.8. The molecule has 0 aromatic carbocycles. The van der Waals surface area contributed by atoms with Crippen LogP contribution in [-0.2, 0) is 4.79 Å². The Kier molecular flexibility index (Phi) is 7.25. The third-order valence-corrected chi connectivity index (χ3v) is 5.26.